The number of carbonyl (C=O) groups excluding carboxylic acids is 2. The average molecular weight is 444 g/mol. The summed E-state index contributed by atoms with van der Waals surface area (Å²) in [6.45, 7) is 1.67. The smallest absolute Gasteiger partial charge is 0.255 e. The van der Waals surface area contributed by atoms with Gasteiger partial charge >= 0.3 is 0 Å². The highest BCUT2D eigenvalue weighted by molar-refractivity contribution is 6.09. The van der Waals surface area contributed by atoms with Gasteiger partial charge in [-0.15, -0.1) is 0 Å². The predicted molar refractivity (Wildman–Crippen MR) is 123 cm³/mol. The van der Waals surface area contributed by atoms with Gasteiger partial charge in [-0.1, -0.05) is 12.1 Å². The number of hydrogen-bond acceptors (Lipinski definition) is 5. The van der Waals surface area contributed by atoms with E-state index in [1.807, 2.05) is 13.0 Å². The molecule has 6 nitrogen and oxygen atoms in total. The number of aryl methyl sites for hydroxylation is 1. The van der Waals surface area contributed by atoms with Crippen LogP contribution in [0.1, 0.15) is 21.5 Å². The Hall–Kier alpha value is -4.26. The number of ether oxygens (including phenoxy) is 1. The van der Waals surface area contributed by atoms with Gasteiger partial charge in [0.05, 0.1) is 5.69 Å². The van der Waals surface area contributed by atoms with Crippen LogP contribution in [0.15, 0.2) is 72.9 Å². The molecule has 0 atom stereocenters. The summed E-state index contributed by atoms with van der Waals surface area (Å²) < 4.78 is 19.2. The number of carbonyl (C=O) groups is 2. The summed E-state index contributed by atoms with van der Waals surface area (Å²) in [5, 5.41) is 13.1. The third-order valence-electron chi connectivity index (χ3n) is 4.98. The monoisotopic (exact) mass is 444 g/mol. The van der Waals surface area contributed by atoms with Crippen LogP contribution in [0.3, 0.4) is 0 Å². The van der Waals surface area contributed by atoms with E-state index in [4.69, 9.17) is 4.74 Å². The van der Waals surface area contributed by atoms with Gasteiger partial charge in [-0.3, -0.25) is 14.6 Å². The number of ketones is 1. The maximum Gasteiger partial charge on any atom is 0.255 e. The van der Waals surface area contributed by atoms with Crippen LogP contribution in [-0.2, 0) is 11.2 Å². The van der Waals surface area contributed by atoms with Gasteiger partial charge in [0, 0.05) is 23.6 Å². The lowest BCUT2D eigenvalue weighted by molar-refractivity contribution is -0.120. The van der Waals surface area contributed by atoms with Crippen LogP contribution >= 0.6 is 0 Å². The Morgan fingerprint density at radius 1 is 1.06 bits per heavy atom. The molecule has 3 aromatic carbocycles. The van der Waals surface area contributed by atoms with E-state index in [0.29, 0.717) is 27.9 Å². The molecule has 0 saturated carbocycles. The molecule has 1 aromatic heterocycles. The van der Waals surface area contributed by atoms with Crippen molar-refractivity contribution >= 4 is 28.3 Å². The van der Waals surface area contributed by atoms with Crippen molar-refractivity contribution in [1.82, 2.24) is 4.98 Å². The fraction of sp³-hybridized carbons (Fsp3) is 0.115. The van der Waals surface area contributed by atoms with Crippen molar-refractivity contribution in [2.75, 3.05) is 11.9 Å². The third kappa shape index (κ3) is 5.33. The minimum absolute atomic E-state index is 0.116. The molecule has 0 spiro atoms. The lowest BCUT2D eigenvalue weighted by Gasteiger charge is -2.13. The van der Waals surface area contributed by atoms with Crippen molar-refractivity contribution < 1.29 is 23.8 Å². The summed E-state index contributed by atoms with van der Waals surface area (Å²) in [6.07, 6.45) is 1.72. The van der Waals surface area contributed by atoms with Crippen LogP contribution in [0.2, 0.25) is 0 Å². The first kappa shape index (κ1) is 22.0. The SMILES string of the molecule is Cc1cc(O)cc(CC(=O)COc2ccc(NC(=O)c3cccc(F)c3)c3cccnc23)c1. The maximum atomic E-state index is 13.5. The Bertz CT molecular complexity index is 1330. The van der Waals surface area contributed by atoms with Crippen LogP contribution in [0.5, 0.6) is 11.5 Å². The highest BCUT2D eigenvalue weighted by Gasteiger charge is 2.14. The Morgan fingerprint density at radius 2 is 1.91 bits per heavy atom. The molecule has 0 aliphatic carbocycles. The Kier molecular flexibility index (Phi) is 6.31. The number of aromatic hydroxyl groups is 1. The summed E-state index contributed by atoms with van der Waals surface area (Å²) in [5.41, 5.74) is 2.74. The highest BCUT2D eigenvalue weighted by atomic mass is 19.1. The van der Waals surface area contributed by atoms with Crippen molar-refractivity contribution in [3.63, 3.8) is 0 Å². The molecule has 7 heteroatoms. The summed E-state index contributed by atoms with van der Waals surface area (Å²) in [5.74, 6) is -0.597. The molecule has 4 aromatic rings. The molecule has 1 heterocycles. The van der Waals surface area contributed by atoms with Gasteiger partial charge in [-0.05, 0) is 72.6 Å². The molecule has 166 valence electrons. The summed E-state index contributed by atoms with van der Waals surface area (Å²) in [4.78, 5) is 29.3. The molecule has 0 radical (unpaired) electrons. The lowest BCUT2D eigenvalue weighted by atomic mass is 10.1. The number of aromatic nitrogens is 1. The number of halogens is 1. The molecular formula is C26H21FN2O4. The van der Waals surface area contributed by atoms with Crippen molar-refractivity contribution in [2.24, 2.45) is 0 Å². The molecule has 0 bridgehead atoms. The minimum Gasteiger partial charge on any atom is -0.508 e. The van der Waals surface area contributed by atoms with Crippen LogP contribution in [0, 0.1) is 12.7 Å². The van der Waals surface area contributed by atoms with Crippen LogP contribution in [0.25, 0.3) is 10.9 Å². The largest absolute Gasteiger partial charge is 0.508 e. The first-order valence-electron chi connectivity index (χ1n) is 10.3. The molecule has 4 rings (SSSR count). The van der Waals surface area contributed by atoms with Crippen molar-refractivity contribution in [1.29, 1.82) is 0 Å². The Labute approximate surface area is 189 Å². The topological polar surface area (TPSA) is 88.5 Å². The fourth-order valence-corrected chi connectivity index (χ4v) is 3.58. The van der Waals surface area contributed by atoms with Gasteiger partial charge in [0.15, 0.2) is 5.78 Å². The van der Waals surface area contributed by atoms with E-state index >= 15 is 0 Å². The van der Waals surface area contributed by atoms with E-state index < -0.39 is 11.7 Å². The molecule has 2 N–H and O–H groups in total. The number of nitrogens with zero attached hydrogens (tertiary/aromatic N) is 1. The number of hydrogen-bond donors (Lipinski definition) is 2. The molecule has 0 unspecified atom stereocenters. The molecular weight excluding hydrogens is 423 g/mol. The summed E-state index contributed by atoms with van der Waals surface area (Å²) in [6, 6.07) is 17.2. The van der Waals surface area contributed by atoms with Crippen molar-refractivity contribution in [2.45, 2.75) is 13.3 Å². The van der Waals surface area contributed by atoms with E-state index in [1.54, 1.807) is 42.6 Å². The van der Waals surface area contributed by atoms with E-state index in [1.165, 1.54) is 18.2 Å². The second kappa shape index (κ2) is 9.48. The predicted octanol–water partition coefficient (Wildman–Crippen LogP) is 4.83. The van der Waals surface area contributed by atoms with Gasteiger partial charge < -0.3 is 15.2 Å². The second-order valence-electron chi connectivity index (χ2n) is 7.66. The summed E-state index contributed by atoms with van der Waals surface area (Å²) in [7, 11) is 0. The van der Waals surface area contributed by atoms with Gasteiger partial charge in [0.1, 0.15) is 29.4 Å². The van der Waals surface area contributed by atoms with Crippen molar-refractivity contribution in [3.8, 4) is 11.5 Å². The normalized spacial score (nSPS) is 10.7. The van der Waals surface area contributed by atoms with Gasteiger partial charge in [0.2, 0.25) is 0 Å². The van der Waals surface area contributed by atoms with Crippen LogP contribution < -0.4 is 10.1 Å². The number of fused-ring (bicyclic) bond motifs is 1. The second-order valence-corrected chi connectivity index (χ2v) is 7.66. The fourth-order valence-electron chi connectivity index (χ4n) is 3.58. The van der Waals surface area contributed by atoms with Crippen molar-refractivity contribution in [3.05, 3.63) is 95.4 Å². The third-order valence-corrected chi connectivity index (χ3v) is 4.98. The molecule has 1 amide bonds. The van der Waals surface area contributed by atoms with Gasteiger partial charge in [-0.25, -0.2) is 4.39 Å². The van der Waals surface area contributed by atoms with E-state index in [0.717, 1.165) is 11.6 Å². The molecule has 0 saturated heterocycles. The Balaban J connectivity index is 1.50. The molecule has 0 aliphatic rings. The molecule has 33 heavy (non-hydrogen) atoms. The maximum absolute atomic E-state index is 13.5. The summed E-state index contributed by atoms with van der Waals surface area (Å²) >= 11 is 0. The zero-order valence-corrected chi connectivity index (χ0v) is 17.8. The number of Topliss-reactive ketones (excluding diaryl/α,β-unsaturated/α-hetero) is 1. The first-order valence-corrected chi connectivity index (χ1v) is 10.3. The van der Waals surface area contributed by atoms with Crippen LogP contribution in [-0.4, -0.2) is 28.4 Å². The number of phenolic OH excluding ortho intramolecular Hbond substituents is 1. The number of amides is 1. The van der Waals surface area contributed by atoms with E-state index in [-0.39, 0.29) is 30.1 Å². The van der Waals surface area contributed by atoms with E-state index in [2.05, 4.69) is 10.3 Å². The zero-order chi connectivity index (χ0) is 23.4. The number of phenols is 1. The number of pyridine rings is 1. The number of benzene rings is 3. The van der Waals surface area contributed by atoms with Gasteiger partial charge in [0.25, 0.3) is 5.91 Å². The van der Waals surface area contributed by atoms with Gasteiger partial charge in [-0.2, -0.15) is 0 Å². The first-order chi connectivity index (χ1) is 15.9. The number of anilines is 1. The molecule has 0 fully saturated rings. The van der Waals surface area contributed by atoms with E-state index in [9.17, 15) is 19.1 Å². The lowest BCUT2D eigenvalue weighted by Crippen LogP contribution is -2.15. The minimum atomic E-state index is -0.497. The Morgan fingerprint density at radius 3 is 2.70 bits per heavy atom. The number of nitrogens with one attached hydrogen (secondary N) is 1. The average Bonchev–Trinajstić information content (AvgIpc) is 2.78. The van der Waals surface area contributed by atoms with Crippen LogP contribution in [0.4, 0.5) is 10.1 Å². The molecule has 0 aliphatic heterocycles. The zero-order valence-electron chi connectivity index (χ0n) is 17.8. The standard InChI is InChI=1S/C26H21FN2O4/c1-16-10-17(12-20(30)11-16)13-21(31)15-33-24-8-7-23(22-6-3-9-28-25(22)24)29-26(32)18-4-2-5-19(27)14-18/h2-12,14,30H,13,15H2,1H3,(H,29,32). The quantitative estimate of drug-likeness (QED) is 0.426. The highest BCUT2D eigenvalue weighted by Crippen LogP contribution is 2.30. The number of rotatable bonds is 7.